The number of pyridine rings is 1. The molecule has 0 aliphatic rings. The van der Waals surface area contributed by atoms with Gasteiger partial charge in [-0.15, -0.1) is 0 Å². The van der Waals surface area contributed by atoms with Crippen LogP contribution in [0, 0.1) is 0 Å². The fourth-order valence-corrected chi connectivity index (χ4v) is 1.50. The monoisotopic (exact) mass is 217 g/mol. The van der Waals surface area contributed by atoms with Crippen molar-refractivity contribution in [1.29, 1.82) is 0 Å². The number of aromatic amines is 2. The Labute approximate surface area is 91.6 Å². The van der Waals surface area contributed by atoms with Crippen LogP contribution in [-0.2, 0) is 6.42 Å². The standard InChI is InChI=1S/C11H11N3O2/c1-2-7-9(14-11(16)13-7)10(15)8-5-3-4-6-12-8/h3-6H,2H2,1H3,(H2,13,14,16). The van der Waals surface area contributed by atoms with Crippen LogP contribution < -0.4 is 5.69 Å². The normalized spacial score (nSPS) is 10.3. The molecule has 2 aromatic heterocycles. The Balaban J connectivity index is 2.45. The summed E-state index contributed by atoms with van der Waals surface area (Å²) in [6.45, 7) is 1.87. The molecule has 0 aliphatic carbocycles. The summed E-state index contributed by atoms with van der Waals surface area (Å²) in [5.41, 5.74) is 0.871. The second-order valence-corrected chi connectivity index (χ2v) is 3.33. The first-order valence-corrected chi connectivity index (χ1v) is 4.99. The zero-order valence-electron chi connectivity index (χ0n) is 8.78. The highest BCUT2D eigenvalue weighted by Crippen LogP contribution is 2.07. The van der Waals surface area contributed by atoms with Crippen LogP contribution in [0.15, 0.2) is 29.2 Å². The van der Waals surface area contributed by atoms with Gasteiger partial charge in [0.15, 0.2) is 0 Å². The topological polar surface area (TPSA) is 78.6 Å². The van der Waals surface area contributed by atoms with E-state index < -0.39 is 0 Å². The largest absolute Gasteiger partial charge is 0.323 e. The number of ketones is 1. The number of nitrogens with one attached hydrogen (secondary N) is 2. The molecule has 0 saturated heterocycles. The van der Waals surface area contributed by atoms with Gasteiger partial charge in [-0.1, -0.05) is 13.0 Å². The first kappa shape index (κ1) is 10.4. The molecule has 82 valence electrons. The zero-order chi connectivity index (χ0) is 11.5. The lowest BCUT2D eigenvalue weighted by Crippen LogP contribution is -2.08. The van der Waals surface area contributed by atoms with E-state index in [1.165, 1.54) is 0 Å². The molecule has 0 aromatic carbocycles. The van der Waals surface area contributed by atoms with Gasteiger partial charge in [0.05, 0.1) is 0 Å². The summed E-state index contributed by atoms with van der Waals surface area (Å²) in [6.07, 6.45) is 2.14. The third-order valence-corrected chi connectivity index (χ3v) is 2.28. The minimum atomic E-state index is -0.365. The molecule has 0 aliphatic heterocycles. The molecule has 0 fully saturated rings. The van der Waals surface area contributed by atoms with Crippen molar-refractivity contribution in [3.63, 3.8) is 0 Å². The Kier molecular flexibility index (Phi) is 2.68. The Morgan fingerprint density at radius 3 is 2.81 bits per heavy atom. The summed E-state index contributed by atoms with van der Waals surface area (Å²) in [5, 5.41) is 0. The van der Waals surface area contributed by atoms with Crippen molar-refractivity contribution >= 4 is 5.78 Å². The van der Waals surface area contributed by atoms with Crippen LogP contribution in [0.4, 0.5) is 0 Å². The lowest BCUT2D eigenvalue weighted by atomic mass is 10.1. The second-order valence-electron chi connectivity index (χ2n) is 3.33. The van der Waals surface area contributed by atoms with Gasteiger partial charge in [-0.05, 0) is 18.6 Å². The van der Waals surface area contributed by atoms with E-state index in [0.29, 0.717) is 23.5 Å². The summed E-state index contributed by atoms with van der Waals surface area (Å²) in [5.74, 6) is -0.268. The Hall–Kier alpha value is -2.17. The Bertz CT molecular complexity index is 554. The number of rotatable bonds is 3. The fraction of sp³-hybridized carbons (Fsp3) is 0.182. The molecule has 0 spiro atoms. The predicted molar refractivity (Wildman–Crippen MR) is 58.5 cm³/mol. The number of carbonyl (C=O) groups excluding carboxylic acids is 1. The number of hydrogen-bond acceptors (Lipinski definition) is 3. The van der Waals surface area contributed by atoms with Crippen LogP contribution in [0.1, 0.15) is 28.8 Å². The summed E-state index contributed by atoms with van der Waals surface area (Å²) >= 11 is 0. The van der Waals surface area contributed by atoms with Crippen molar-refractivity contribution in [2.75, 3.05) is 0 Å². The molecule has 16 heavy (non-hydrogen) atoms. The minimum Gasteiger partial charge on any atom is -0.309 e. The maximum Gasteiger partial charge on any atom is 0.323 e. The summed E-state index contributed by atoms with van der Waals surface area (Å²) < 4.78 is 0. The van der Waals surface area contributed by atoms with Gasteiger partial charge in [0.1, 0.15) is 11.4 Å². The van der Waals surface area contributed by atoms with E-state index >= 15 is 0 Å². The smallest absolute Gasteiger partial charge is 0.309 e. The molecular formula is C11H11N3O2. The molecule has 0 amide bonds. The van der Waals surface area contributed by atoms with E-state index in [9.17, 15) is 9.59 Å². The SMILES string of the molecule is CCc1[nH]c(=O)[nH]c1C(=O)c1ccccn1. The van der Waals surface area contributed by atoms with Crippen molar-refractivity contribution in [3.05, 3.63) is 52.0 Å². The first-order valence-electron chi connectivity index (χ1n) is 4.99. The van der Waals surface area contributed by atoms with Gasteiger partial charge in [0.25, 0.3) is 0 Å². The molecule has 2 N–H and O–H groups in total. The maximum absolute atomic E-state index is 12.0. The highest BCUT2D eigenvalue weighted by atomic mass is 16.1. The van der Waals surface area contributed by atoms with E-state index in [1.54, 1.807) is 24.4 Å². The van der Waals surface area contributed by atoms with Gasteiger partial charge in [0, 0.05) is 11.9 Å². The van der Waals surface area contributed by atoms with Gasteiger partial charge in [-0.25, -0.2) is 4.79 Å². The third-order valence-electron chi connectivity index (χ3n) is 2.28. The van der Waals surface area contributed by atoms with E-state index in [1.807, 2.05) is 6.92 Å². The van der Waals surface area contributed by atoms with E-state index in [0.717, 1.165) is 0 Å². The van der Waals surface area contributed by atoms with Gasteiger partial charge in [-0.3, -0.25) is 9.78 Å². The number of imidazole rings is 1. The zero-order valence-corrected chi connectivity index (χ0v) is 8.78. The minimum absolute atomic E-state index is 0.268. The molecular weight excluding hydrogens is 206 g/mol. The van der Waals surface area contributed by atoms with Gasteiger partial charge in [-0.2, -0.15) is 0 Å². The molecule has 2 rings (SSSR count). The van der Waals surface area contributed by atoms with Gasteiger partial charge in [0.2, 0.25) is 5.78 Å². The molecule has 2 aromatic rings. The number of H-pyrrole nitrogens is 2. The Morgan fingerprint density at radius 1 is 1.38 bits per heavy atom. The van der Waals surface area contributed by atoms with Gasteiger partial charge >= 0.3 is 5.69 Å². The second kappa shape index (κ2) is 4.14. The molecule has 0 saturated carbocycles. The van der Waals surface area contributed by atoms with Crippen molar-refractivity contribution < 1.29 is 4.79 Å². The van der Waals surface area contributed by atoms with Crippen LogP contribution in [0.25, 0.3) is 0 Å². The lowest BCUT2D eigenvalue weighted by molar-refractivity contribution is 0.102. The molecule has 0 atom stereocenters. The number of nitrogens with zero attached hydrogens (tertiary/aromatic N) is 1. The van der Waals surface area contributed by atoms with Crippen molar-refractivity contribution in [1.82, 2.24) is 15.0 Å². The van der Waals surface area contributed by atoms with E-state index in [4.69, 9.17) is 0 Å². The van der Waals surface area contributed by atoms with Crippen LogP contribution in [-0.4, -0.2) is 20.7 Å². The molecule has 0 bridgehead atoms. The van der Waals surface area contributed by atoms with Crippen molar-refractivity contribution in [3.8, 4) is 0 Å². The Morgan fingerprint density at radius 2 is 2.19 bits per heavy atom. The number of hydrogen-bond donors (Lipinski definition) is 2. The quantitative estimate of drug-likeness (QED) is 0.749. The van der Waals surface area contributed by atoms with Crippen LogP contribution in [0.2, 0.25) is 0 Å². The molecule has 0 unspecified atom stereocenters. The van der Waals surface area contributed by atoms with Crippen LogP contribution >= 0.6 is 0 Å². The van der Waals surface area contributed by atoms with Crippen LogP contribution in [0.5, 0.6) is 0 Å². The molecule has 5 nitrogen and oxygen atoms in total. The number of aryl methyl sites for hydroxylation is 1. The van der Waals surface area contributed by atoms with Crippen molar-refractivity contribution in [2.45, 2.75) is 13.3 Å². The van der Waals surface area contributed by atoms with Crippen molar-refractivity contribution in [2.24, 2.45) is 0 Å². The molecule has 5 heteroatoms. The molecule has 2 heterocycles. The average molecular weight is 217 g/mol. The van der Waals surface area contributed by atoms with E-state index in [-0.39, 0.29) is 11.5 Å². The predicted octanol–water partition coefficient (Wildman–Crippen LogP) is 0.891. The number of aromatic nitrogens is 3. The highest BCUT2D eigenvalue weighted by molar-refractivity contribution is 6.07. The fourth-order valence-electron chi connectivity index (χ4n) is 1.50. The summed E-state index contributed by atoms with van der Waals surface area (Å²) in [4.78, 5) is 32.1. The first-order chi connectivity index (χ1) is 7.72. The lowest BCUT2D eigenvalue weighted by Gasteiger charge is -1.99. The maximum atomic E-state index is 12.0. The molecule has 0 radical (unpaired) electrons. The summed E-state index contributed by atoms with van der Waals surface area (Å²) in [6, 6.07) is 5.08. The van der Waals surface area contributed by atoms with E-state index in [2.05, 4.69) is 15.0 Å². The average Bonchev–Trinajstić information content (AvgIpc) is 2.70. The van der Waals surface area contributed by atoms with Crippen LogP contribution in [0.3, 0.4) is 0 Å². The number of carbonyl (C=O) groups is 1. The summed E-state index contributed by atoms with van der Waals surface area (Å²) in [7, 11) is 0. The third kappa shape index (κ3) is 1.79. The highest BCUT2D eigenvalue weighted by Gasteiger charge is 2.16. The van der Waals surface area contributed by atoms with Gasteiger partial charge < -0.3 is 9.97 Å².